The standard InChI is InChI=1S/C21H20Cl2N2O3/c1-25-8-7-14-16(22)9-17(23)20-19(14)15(11-25)18(28-20)10-24-21(26)27-12-13-5-3-2-4-6-13/h2-6,9H,7-8,10-12H2,1H3,(H,24,26). The lowest BCUT2D eigenvalue weighted by molar-refractivity contribution is 0.138. The van der Waals surface area contributed by atoms with Crippen molar-refractivity contribution in [3.63, 3.8) is 0 Å². The number of benzene rings is 2. The van der Waals surface area contributed by atoms with Crippen LogP contribution in [0.3, 0.4) is 0 Å². The molecule has 7 heteroatoms. The highest BCUT2D eigenvalue weighted by Gasteiger charge is 2.25. The van der Waals surface area contributed by atoms with Crippen molar-refractivity contribution in [1.82, 2.24) is 10.2 Å². The summed E-state index contributed by atoms with van der Waals surface area (Å²) >= 11 is 12.8. The van der Waals surface area contributed by atoms with Gasteiger partial charge in [0.15, 0.2) is 5.58 Å². The van der Waals surface area contributed by atoms with E-state index in [-0.39, 0.29) is 13.2 Å². The second-order valence-electron chi connectivity index (χ2n) is 6.93. The van der Waals surface area contributed by atoms with E-state index in [9.17, 15) is 4.79 Å². The molecule has 1 aliphatic heterocycles. The van der Waals surface area contributed by atoms with Crippen molar-refractivity contribution in [2.45, 2.75) is 26.1 Å². The lowest BCUT2D eigenvalue weighted by Crippen LogP contribution is -2.24. The Morgan fingerprint density at radius 2 is 2.00 bits per heavy atom. The molecule has 0 atom stereocenters. The molecule has 0 fully saturated rings. The first kappa shape index (κ1) is 19.1. The number of hydrogen-bond acceptors (Lipinski definition) is 4. The van der Waals surface area contributed by atoms with E-state index in [1.165, 1.54) is 0 Å². The molecule has 0 saturated heterocycles. The number of furan rings is 1. The summed E-state index contributed by atoms with van der Waals surface area (Å²) in [6.07, 6.45) is 0.324. The van der Waals surface area contributed by atoms with Gasteiger partial charge < -0.3 is 19.4 Å². The molecule has 0 spiro atoms. The molecule has 5 nitrogen and oxygen atoms in total. The van der Waals surface area contributed by atoms with Gasteiger partial charge in [-0.25, -0.2) is 4.79 Å². The van der Waals surface area contributed by atoms with Gasteiger partial charge in [0.05, 0.1) is 11.6 Å². The Labute approximate surface area is 173 Å². The fourth-order valence-electron chi connectivity index (χ4n) is 3.52. The second-order valence-corrected chi connectivity index (χ2v) is 7.74. The van der Waals surface area contributed by atoms with Crippen molar-refractivity contribution >= 4 is 40.3 Å². The average Bonchev–Trinajstić information content (AvgIpc) is 2.94. The van der Waals surface area contributed by atoms with E-state index in [4.69, 9.17) is 32.4 Å². The number of carbonyl (C=O) groups excluding carboxylic acids is 1. The fraction of sp³-hybridized carbons (Fsp3) is 0.286. The van der Waals surface area contributed by atoms with Crippen LogP contribution in [0.4, 0.5) is 4.79 Å². The summed E-state index contributed by atoms with van der Waals surface area (Å²) in [6.45, 7) is 2.02. The first-order chi connectivity index (χ1) is 13.5. The van der Waals surface area contributed by atoms with Gasteiger partial charge in [-0.2, -0.15) is 0 Å². The second kappa shape index (κ2) is 8.03. The molecule has 1 aliphatic rings. The Bertz CT molecular complexity index is 1020. The topological polar surface area (TPSA) is 54.7 Å². The zero-order valence-electron chi connectivity index (χ0n) is 15.4. The minimum absolute atomic E-state index is 0.216. The predicted octanol–water partition coefficient (Wildman–Crippen LogP) is 5.15. The maximum atomic E-state index is 12.1. The van der Waals surface area contributed by atoms with Crippen molar-refractivity contribution in [1.29, 1.82) is 0 Å². The van der Waals surface area contributed by atoms with Crippen LogP contribution in [0, 0.1) is 0 Å². The van der Waals surface area contributed by atoms with E-state index in [1.54, 1.807) is 6.07 Å². The molecule has 1 amide bonds. The summed E-state index contributed by atoms with van der Waals surface area (Å²) < 4.78 is 11.3. The number of rotatable bonds is 4. The van der Waals surface area contributed by atoms with Gasteiger partial charge in [-0.15, -0.1) is 0 Å². The third kappa shape index (κ3) is 3.83. The van der Waals surface area contributed by atoms with Crippen LogP contribution in [0.2, 0.25) is 10.0 Å². The SMILES string of the molecule is CN1CCc2c(Cl)cc(Cl)c3oc(CNC(=O)OCc4ccccc4)c(c23)C1. The lowest BCUT2D eigenvalue weighted by atomic mass is 10.0. The molecular weight excluding hydrogens is 399 g/mol. The van der Waals surface area contributed by atoms with E-state index in [0.29, 0.717) is 27.9 Å². The van der Waals surface area contributed by atoms with Gasteiger partial charge >= 0.3 is 6.09 Å². The van der Waals surface area contributed by atoms with Crippen molar-refractivity contribution in [3.8, 4) is 0 Å². The van der Waals surface area contributed by atoms with Crippen LogP contribution >= 0.6 is 23.2 Å². The number of nitrogens with one attached hydrogen (secondary N) is 1. The number of halogens is 2. The van der Waals surface area contributed by atoms with Gasteiger partial charge in [-0.3, -0.25) is 0 Å². The first-order valence-electron chi connectivity index (χ1n) is 9.07. The maximum absolute atomic E-state index is 12.1. The summed E-state index contributed by atoms with van der Waals surface area (Å²) in [6, 6.07) is 11.3. The number of nitrogens with zero attached hydrogens (tertiary/aromatic N) is 1. The van der Waals surface area contributed by atoms with Crippen molar-refractivity contribution in [3.05, 3.63) is 68.9 Å². The zero-order valence-corrected chi connectivity index (χ0v) is 16.9. The van der Waals surface area contributed by atoms with Crippen LogP contribution < -0.4 is 5.32 Å². The normalized spacial score (nSPS) is 14.1. The fourth-order valence-corrected chi connectivity index (χ4v) is 4.11. The Morgan fingerprint density at radius 3 is 2.79 bits per heavy atom. The molecule has 4 rings (SSSR count). The molecule has 1 N–H and O–H groups in total. The van der Waals surface area contributed by atoms with Crippen LogP contribution in [0.25, 0.3) is 11.0 Å². The first-order valence-corrected chi connectivity index (χ1v) is 9.82. The lowest BCUT2D eigenvalue weighted by Gasteiger charge is -2.14. The molecule has 0 saturated carbocycles. The van der Waals surface area contributed by atoms with Gasteiger partial charge in [-0.05, 0) is 30.7 Å². The molecular formula is C21H20Cl2N2O3. The van der Waals surface area contributed by atoms with E-state index >= 15 is 0 Å². The predicted molar refractivity (Wildman–Crippen MR) is 110 cm³/mol. The Hall–Kier alpha value is -2.21. The summed E-state index contributed by atoms with van der Waals surface area (Å²) in [4.78, 5) is 14.3. The molecule has 0 aliphatic carbocycles. The molecule has 0 unspecified atom stereocenters. The van der Waals surface area contributed by atoms with E-state index in [0.717, 1.165) is 35.0 Å². The number of amides is 1. The molecule has 28 heavy (non-hydrogen) atoms. The molecule has 2 heterocycles. The molecule has 0 radical (unpaired) electrons. The van der Waals surface area contributed by atoms with Crippen molar-refractivity contribution in [2.24, 2.45) is 0 Å². The van der Waals surface area contributed by atoms with Crippen LogP contribution in [0.1, 0.15) is 22.5 Å². The van der Waals surface area contributed by atoms with Gasteiger partial charge in [0.25, 0.3) is 0 Å². The Balaban J connectivity index is 1.54. The Kier molecular flexibility index (Phi) is 5.49. The van der Waals surface area contributed by atoms with E-state index in [1.807, 2.05) is 37.4 Å². The largest absolute Gasteiger partial charge is 0.457 e. The van der Waals surface area contributed by atoms with Gasteiger partial charge in [0.1, 0.15) is 12.4 Å². The minimum Gasteiger partial charge on any atom is -0.457 e. The number of alkyl carbamates (subject to hydrolysis) is 1. The summed E-state index contributed by atoms with van der Waals surface area (Å²) in [5.74, 6) is 0.672. The molecule has 146 valence electrons. The molecule has 2 aromatic carbocycles. The van der Waals surface area contributed by atoms with Gasteiger partial charge in [-0.1, -0.05) is 53.5 Å². The van der Waals surface area contributed by atoms with E-state index < -0.39 is 6.09 Å². The van der Waals surface area contributed by atoms with Crippen LogP contribution in [-0.4, -0.2) is 24.6 Å². The minimum atomic E-state index is -0.497. The zero-order chi connectivity index (χ0) is 19.7. The van der Waals surface area contributed by atoms with Gasteiger partial charge in [0.2, 0.25) is 0 Å². The number of ether oxygens (including phenoxy) is 1. The third-order valence-electron chi connectivity index (χ3n) is 4.93. The summed E-state index contributed by atoms with van der Waals surface area (Å²) in [5, 5.41) is 4.87. The molecule has 1 aromatic heterocycles. The molecule has 0 bridgehead atoms. The van der Waals surface area contributed by atoms with Crippen LogP contribution in [0.5, 0.6) is 0 Å². The van der Waals surface area contributed by atoms with E-state index in [2.05, 4.69) is 10.2 Å². The third-order valence-corrected chi connectivity index (χ3v) is 5.55. The summed E-state index contributed by atoms with van der Waals surface area (Å²) in [5.41, 5.74) is 3.61. The number of hydrogen-bond donors (Lipinski definition) is 1. The van der Waals surface area contributed by atoms with Crippen LogP contribution in [-0.2, 0) is 30.9 Å². The van der Waals surface area contributed by atoms with Crippen LogP contribution in [0.15, 0.2) is 40.8 Å². The van der Waals surface area contributed by atoms with Gasteiger partial charge in [0, 0.05) is 29.1 Å². The highest BCUT2D eigenvalue weighted by Crippen LogP contribution is 2.40. The number of likely N-dealkylation sites (N-methyl/N-ethyl adjacent to an activating group) is 1. The average molecular weight is 419 g/mol. The highest BCUT2D eigenvalue weighted by molar-refractivity contribution is 6.39. The molecule has 3 aromatic rings. The Morgan fingerprint density at radius 1 is 1.21 bits per heavy atom. The highest BCUT2D eigenvalue weighted by atomic mass is 35.5. The van der Waals surface area contributed by atoms with Crippen molar-refractivity contribution in [2.75, 3.05) is 13.6 Å². The maximum Gasteiger partial charge on any atom is 0.407 e. The monoisotopic (exact) mass is 418 g/mol. The summed E-state index contributed by atoms with van der Waals surface area (Å²) in [7, 11) is 2.05. The van der Waals surface area contributed by atoms with Crippen molar-refractivity contribution < 1.29 is 13.9 Å². The quantitative estimate of drug-likeness (QED) is 0.635. The smallest absolute Gasteiger partial charge is 0.407 e. The number of carbonyl (C=O) groups is 1.